The quantitative estimate of drug-likeness (QED) is 0.662. The molecular formula is C12H10FN5. The third-order valence-electron chi connectivity index (χ3n) is 2.65. The molecule has 6 heteroatoms. The van der Waals surface area contributed by atoms with Crippen molar-refractivity contribution in [3.63, 3.8) is 0 Å². The highest BCUT2D eigenvalue weighted by Gasteiger charge is 2.10. The van der Waals surface area contributed by atoms with Crippen LogP contribution in [0.2, 0.25) is 0 Å². The Morgan fingerprint density at radius 3 is 2.78 bits per heavy atom. The molecule has 3 rings (SSSR count). The lowest BCUT2D eigenvalue weighted by Crippen LogP contribution is -1.98. The third kappa shape index (κ3) is 1.58. The molecule has 0 saturated carbocycles. The van der Waals surface area contributed by atoms with Crippen molar-refractivity contribution >= 4 is 11.3 Å². The van der Waals surface area contributed by atoms with Gasteiger partial charge in [0.15, 0.2) is 11.5 Å². The number of fused-ring (bicyclic) bond motifs is 1. The first kappa shape index (κ1) is 10.6. The van der Waals surface area contributed by atoms with E-state index in [-0.39, 0.29) is 5.69 Å². The van der Waals surface area contributed by atoms with Crippen LogP contribution in [0.1, 0.15) is 5.69 Å². The van der Waals surface area contributed by atoms with Gasteiger partial charge in [0.25, 0.3) is 0 Å². The van der Waals surface area contributed by atoms with Gasteiger partial charge in [-0.2, -0.15) is 9.61 Å². The molecule has 0 aliphatic carbocycles. The van der Waals surface area contributed by atoms with E-state index >= 15 is 0 Å². The molecule has 3 aromatic rings. The summed E-state index contributed by atoms with van der Waals surface area (Å²) < 4.78 is 14.7. The van der Waals surface area contributed by atoms with Crippen LogP contribution in [-0.2, 0) is 0 Å². The van der Waals surface area contributed by atoms with Crippen LogP contribution in [0.25, 0.3) is 17.0 Å². The molecule has 0 radical (unpaired) electrons. The minimum absolute atomic E-state index is 0.0805. The zero-order valence-corrected chi connectivity index (χ0v) is 9.63. The van der Waals surface area contributed by atoms with E-state index in [1.807, 2.05) is 19.1 Å². The Morgan fingerprint density at radius 1 is 1.17 bits per heavy atom. The van der Waals surface area contributed by atoms with E-state index in [9.17, 15) is 4.39 Å². The van der Waals surface area contributed by atoms with Crippen LogP contribution in [0.3, 0.4) is 0 Å². The van der Waals surface area contributed by atoms with E-state index < -0.39 is 5.82 Å². The summed E-state index contributed by atoms with van der Waals surface area (Å²) in [7, 11) is 0. The number of nitrogen functional groups attached to an aromatic ring is 1. The van der Waals surface area contributed by atoms with E-state index in [0.29, 0.717) is 17.0 Å². The van der Waals surface area contributed by atoms with Gasteiger partial charge < -0.3 is 5.73 Å². The maximum atomic E-state index is 13.1. The van der Waals surface area contributed by atoms with Gasteiger partial charge in [-0.15, -0.1) is 10.2 Å². The lowest BCUT2D eigenvalue weighted by Gasteiger charge is -2.02. The topological polar surface area (TPSA) is 69.1 Å². The van der Waals surface area contributed by atoms with Crippen molar-refractivity contribution in [1.82, 2.24) is 19.8 Å². The molecule has 2 heterocycles. The monoisotopic (exact) mass is 243 g/mol. The molecule has 5 nitrogen and oxygen atoms in total. The van der Waals surface area contributed by atoms with Gasteiger partial charge in [0, 0.05) is 5.56 Å². The fourth-order valence-electron chi connectivity index (χ4n) is 1.74. The van der Waals surface area contributed by atoms with E-state index in [0.717, 1.165) is 5.69 Å². The molecule has 2 N–H and O–H groups in total. The number of hydrogen-bond acceptors (Lipinski definition) is 4. The van der Waals surface area contributed by atoms with Crippen molar-refractivity contribution in [2.45, 2.75) is 6.92 Å². The number of anilines is 1. The molecule has 0 atom stereocenters. The van der Waals surface area contributed by atoms with E-state index in [2.05, 4.69) is 15.3 Å². The molecule has 0 bridgehead atoms. The van der Waals surface area contributed by atoms with Crippen LogP contribution in [0, 0.1) is 12.7 Å². The van der Waals surface area contributed by atoms with Gasteiger partial charge in [0.1, 0.15) is 5.82 Å². The number of benzene rings is 1. The number of halogens is 1. The smallest absolute Gasteiger partial charge is 0.185 e. The second kappa shape index (κ2) is 3.76. The summed E-state index contributed by atoms with van der Waals surface area (Å²) in [5.74, 6) is 0.0945. The Balaban J connectivity index is 2.24. The van der Waals surface area contributed by atoms with Crippen LogP contribution < -0.4 is 5.73 Å². The maximum absolute atomic E-state index is 13.1. The number of aromatic nitrogens is 4. The molecule has 90 valence electrons. The van der Waals surface area contributed by atoms with Gasteiger partial charge in [-0.3, -0.25) is 0 Å². The molecule has 0 aliphatic rings. The van der Waals surface area contributed by atoms with Crippen LogP contribution in [-0.4, -0.2) is 19.8 Å². The molecule has 2 aromatic heterocycles. The predicted molar refractivity (Wildman–Crippen MR) is 65.3 cm³/mol. The zero-order valence-electron chi connectivity index (χ0n) is 9.63. The van der Waals surface area contributed by atoms with Gasteiger partial charge in [-0.1, -0.05) is 0 Å². The second-order valence-electron chi connectivity index (χ2n) is 4.00. The van der Waals surface area contributed by atoms with Crippen molar-refractivity contribution in [1.29, 1.82) is 0 Å². The third-order valence-corrected chi connectivity index (χ3v) is 2.65. The minimum Gasteiger partial charge on any atom is -0.396 e. The Labute approximate surface area is 102 Å². The Morgan fingerprint density at radius 2 is 2.00 bits per heavy atom. The Hall–Kier alpha value is -2.50. The summed E-state index contributed by atoms with van der Waals surface area (Å²) in [5.41, 5.74) is 7.79. The van der Waals surface area contributed by atoms with Gasteiger partial charge in [0.05, 0.1) is 11.4 Å². The van der Waals surface area contributed by atoms with Crippen molar-refractivity contribution in [2.24, 2.45) is 0 Å². The first-order valence-corrected chi connectivity index (χ1v) is 5.39. The van der Waals surface area contributed by atoms with Crippen LogP contribution in [0.15, 0.2) is 30.3 Å². The van der Waals surface area contributed by atoms with E-state index in [4.69, 9.17) is 5.73 Å². The molecule has 0 fully saturated rings. The molecule has 0 spiro atoms. The van der Waals surface area contributed by atoms with Crippen LogP contribution in [0.5, 0.6) is 0 Å². The summed E-state index contributed by atoms with van der Waals surface area (Å²) in [6, 6.07) is 8.11. The number of nitrogens with two attached hydrogens (primary N) is 1. The first-order chi connectivity index (χ1) is 8.65. The van der Waals surface area contributed by atoms with Crippen LogP contribution >= 0.6 is 0 Å². The van der Waals surface area contributed by atoms with E-state index in [1.54, 1.807) is 10.6 Å². The number of nitrogens with zero attached hydrogens (tertiary/aromatic N) is 4. The molecule has 0 amide bonds. The predicted octanol–water partition coefficient (Wildman–Crippen LogP) is 1.82. The van der Waals surface area contributed by atoms with Crippen molar-refractivity contribution in [3.05, 3.63) is 41.8 Å². The average Bonchev–Trinajstić information content (AvgIpc) is 2.75. The lowest BCUT2D eigenvalue weighted by atomic mass is 10.2. The van der Waals surface area contributed by atoms with Gasteiger partial charge in [-0.25, -0.2) is 4.39 Å². The van der Waals surface area contributed by atoms with E-state index in [1.165, 1.54) is 12.1 Å². The molecule has 0 unspecified atom stereocenters. The first-order valence-electron chi connectivity index (χ1n) is 5.39. The molecular weight excluding hydrogens is 233 g/mol. The molecule has 0 aliphatic heterocycles. The SMILES string of the molecule is Cc1ccc2nnc(-c3ccc(F)c(N)c3)n2n1. The largest absolute Gasteiger partial charge is 0.396 e. The fraction of sp³-hybridized carbons (Fsp3) is 0.0833. The van der Waals surface area contributed by atoms with Gasteiger partial charge in [-0.05, 0) is 37.3 Å². The van der Waals surface area contributed by atoms with Crippen molar-refractivity contribution < 1.29 is 4.39 Å². The van der Waals surface area contributed by atoms with Crippen molar-refractivity contribution in [3.8, 4) is 11.4 Å². The summed E-state index contributed by atoms with van der Waals surface area (Å²) in [6.45, 7) is 1.88. The number of rotatable bonds is 1. The number of aryl methyl sites for hydroxylation is 1. The Kier molecular flexibility index (Phi) is 2.22. The summed E-state index contributed by atoms with van der Waals surface area (Å²) in [4.78, 5) is 0. The summed E-state index contributed by atoms with van der Waals surface area (Å²) in [6.07, 6.45) is 0. The summed E-state index contributed by atoms with van der Waals surface area (Å²) >= 11 is 0. The highest BCUT2D eigenvalue weighted by molar-refractivity contribution is 5.63. The number of hydrogen-bond donors (Lipinski definition) is 1. The van der Waals surface area contributed by atoms with Gasteiger partial charge >= 0.3 is 0 Å². The molecule has 1 aromatic carbocycles. The zero-order chi connectivity index (χ0) is 12.7. The normalized spacial score (nSPS) is 11.0. The summed E-state index contributed by atoms with van der Waals surface area (Å²) in [5, 5.41) is 12.4. The average molecular weight is 243 g/mol. The highest BCUT2D eigenvalue weighted by atomic mass is 19.1. The van der Waals surface area contributed by atoms with Gasteiger partial charge in [0.2, 0.25) is 0 Å². The second-order valence-corrected chi connectivity index (χ2v) is 4.00. The molecule has 18 heavy (non-hydrogen) atoms. The fourth-order valence-corrected chi connectivity index (χ4v) is 1.74. The Bertz CT molecular complexity index is 734. The highest BCUT2D eigenvalue weighted by Crippen LogP contribution is 2.21. The molecule has 0 saturated heterocycles. The lowest BCUT2D eigenvalue weighted by molar-refractivity contribution is 0.632. The minimum atomic E-state index is -0.447. The standard InChI is InChI=1S/C12H10FN5/c1-7-2-5-11-15-16-12(18(11)17-7)8-3-4-9(13)10(14)6-8/h2-6H,14H2,1H3. The van der Waals surface area contributed by atoms with Crippen LogP contribution in [0.4, 0.5) is 10.1 Å². The maximum Gasteiger partial charge on any atom is 0.185 e. The van der Waals surface area contributed by atoms with Crippen molar-refractivity contribution in [2.75, 3.05) is 5.73 Å².